The molecule has 0 bridgehead atoms. The number of amides is 2. The molecule has 0 saturated carbocycles. The lowest BCUT2D eigenvalue weighted by Crippen LogP contribution is -2.62. The Balaban J connectivity index is 1.65. The molecule has 126 valence electrons. The summed E-state index contributed by atoms with van der Waals surface area (Å²) in [6.45, 7) is 0. The van der Waals surface area contributed by atoms with Crippen molar-refractivity contribution in [1.82, 2.24) is 10.6 Å². The monoisotopic (exact) mass is 353 g/mol. The van der Waals surface area contributed by atoms with E-state index in [0.717, 1.165) is 11.1 Å². The molecule has 1 aliphatic heterocycles. The summed E-state index contributed by atoms with van der Waals surface area (Å²) in [6, 6.07) is 15.0. The topological polar surface area (TPSA) is 82.0 Å². The lowest BCUT2D eigenvalue weighted by atomic mass is 9.98. The van der Waals surface area contributed by atoms with Gasteiger partial charge in [0.15, 0.2) is 0 Å². The molecule has 1 saturated heterocycles. The van der Waals surface area contributed by atoms with Crippen LogP contribution in [0.4, 0.5) is 0 Å². The number of piperazine rings is 1. The van der Waals surface area contributed by atoms with Crippen LogP contribution in [0.5, 0.6) is 0 Å². The van der Waals surface area contributed by atoms with E-state index in [1.54, 1.807) is 30.3 Å². The number of hydrogen-bond acceptors (Lipinski definition) is 3. The van der Waals surface area contributed by atoms with Crippen molar-refractivity contribution in [2.45, 2.75) is 24.9 Å². The van der Waals surface area contributed by atoms with Gasteiger partial charge in [0.05, 0.1) is 11.6 Å². The van der Waals surface area contributed by atoms with Crippen LogP contribution in [-0.2, 0) is 22.4 Å². The molecule has 0 spiro atoms. The van der Waals surface area contributed by atoms with Gasteiger partial charge in [0.1, 0.15) is 12.1 Å². The standard InChI is InChI=1S/C19H16ClN3O2/c20-15-4-2-1-3-14(15)10-17-19(25)22-16(18(24)23-17)9-12-5-7-13(11-21)8-6-12/h1-8,16-17H,9-10H2,(H,22,25)(H,23,24). The van der Waals surface area contributed by atoms with Crippen LogP contribution >= 0.6 is 11.6 Å². The van der Waals surface area contributed by atoms with Crippen molar-refractivity contribution in [2.24, 2.45) is 0 Å². The summed E-state index contributed by atoms with van der Waals surface area (Å²) in [5.74, 6) is -0.445. The maximum atomic E-state index is 12.3. The van der Waals surface area contributed by atoms with Crippen molar-refractivity contribution >= 4 is 23.4 Å². The Labute approximate surface area is 150 Å². The molecule has 0 aromatic heterocycles. The van der Waals surface area contributed by atoms with Crippen molar-refractivity contribution in [3.63, 3.8) is 0 Å². The molecule has 6 heteroatoms. The van der Waals surface area contributed by atoms with Gasteiger partial charge in [0, 0.05) is 17.9 Å². The number of carbonyl (C=O) groups is 2. The zero-order valence-electron chi connectivity index (χ0n) is 13.3. The van der Waals surface area contributed by atoms with Gasteiger partial charge in [-0.1, -0.05) is 41.9 Å². The third-order valence-corrected chi connectivity index (χ3v) is 4.54. The summed E-state index contributed by atoms with van der Waals surface area (Å²) in [4.78, 5) is 24.7. The molecule has 1 fully saturated rings. The molecule has 2 atom stereocenters. The SMILES string of the molecule is N#Cc1ccc(CC2NC(=O)C(Cc3ccccc3Cl)NC2=O)cc1. The van der Waals surface area contributed by atoms with Crippen molar-refractivity contribution in [2.75, 3.05) is 0 Å². The smallest absolute Gasteiger partial charge is 0.243 e. The molecule has 1 heterocycles. The summed E-state index contributed by atoms with van der Waals surface area (Å²) in [6.07, 6.45) is 0.725. The van der Waals surface area contributed by atoms with Gasteiger partial charge in [-0.3, -0.25) is 9.59 Å². The maximum absolute atomic E-state index is 12.3. The van der Waals surface area contributed by atoms with Gasteiger partial charge < -0.3 is 10.6 Å². The average Bonchev–Trinajstić information content (AvgIpc) is 2.62. The second-order valence-electron chi connectivity index (χ2n) is 5.93. The van der Waals surface area contributed by atoms with E-state index in [4.69, 9.17) is 16.9 Å². The number of rotatable bonds is 4. The molecule has 3 rings (SSSR count). The number of nitriles is 1. The van der Waals surface area contributed by atoms with Gasteiger partial charge in [0.25, 0.3) is 0 Å². The quantitative estimate of drug-likeness (QED) is 0.881. The Kier molecular flexibility index (Phi) is 5.01. The Morgan fingerprint density at radius 3 is 2.12 bits per heavy atom. The minimum atomic E-state index is -0.635. The summed E-state index contributed by atoms with van der Waals surface area (Å²) in [5.41, 5.74) is 2.25. The molecule has 25 heavy (non-hydrogen) atoms. The summed E-state index contributed by atoms with van der Waals surface area (Å²) >= 11 is 6.12. The number of hydrogen-bond donors (Lipinski definition) is 2. The normalized spacial score (nSPS) is 19.7. The van der Waals surface area contributed by atoms with E-state index in [1.165, 1.54) is 0 Å². The lowest BCUT2D eigenvalue weighted by Gasteiger charge is -2.30. The van der Waals surface area contributed by atoms with Crippen molar-refractivity contribution in [3.8, 4) is 6.07 Å². The fraction of sp³-hybridized carbons (Fsp3) is 0.211. The predicted molar refractivity (Wildman–Crippen MR) is 93.9 cm³/mol. The van der Waals surface area contributed by atoms with E-state index in [2.05, 4.69) is 10.6 Å². The number of carbonyl (C=O) groups excluding carboxylic acids is 2. The second-order valence-corrected chi connectivity index (χ2v) is 6.34. The summed E-state index contributed by atoms with van der Waals surface area (Å²) in [5, 5.41) is 14.9. The predicted octanol–water partition coefficient (Wildman–Crippen LogP) is 1.98. The molecule has 2 amide bonds. The van der Waals surface area contributed by atoms with Crippen LogP contribution in [0.2, 0.25) is 5.02 Å². The van der Waals surface area contributed by atoms with Crippen molar-refractivity contribution in [1.29, 1.82) is 5.26 Å². The van der Waals surface area contributed by atoms with Gasteiger partial charge in [-0.05, 0) is 29.3 Å². The van der Waals surface area contributed by atoms with Gasteiger partial charge in [0.2, 0.25) is 11.8 Å². The molecule has 0 aliphatic carbocycles. The highest BCUT2D eigenvalue weighted by Gasteiger charge is 2.33. The molecule has 5 nitrogen and oxygen atoms in total. The van der Waals surface area contributed by atoms with Crippen molar-refractivity contribution < 1.29 is 9.59 Å². The molecule has 0 radical (unpaired) electrons. The first kappa shape index (κ1) is 17.0. The van der Waals surface area contributed by atoms with Crippen LogP contribution in [0.1, 0.15) is 16.7 Å². The van der Waals surface area contributed by atoms with E-state index in [-0.39, 0.29) is 11.8 Å². The Morgan fingerprint density at radius 1 is 0.920 bits per heavy atom. The van der Waals surface area contributed by atoms with Crippen LogP contribution in [0, 0.1) is 11.3 Å². The molecule has 2 unspecified atom stereocenters. The lowest BCUT2D eigenvalue weighted by molar-refractivity contribution is -0.136. The highest BCUT2D eigenvalue weighted by molar-refractivity contribution is 6.31. The van der Waals surface area contributed by atoms with Crippen LogP contribution < -0.4 is 10.6 Å². The van der Waals surface area contributed by atoms with E-state index in [0.29, 0.717) is 23.4 Å². The fourth-order valence-corrected chi connectivity index (χ4v) is 3.01. The average molecular weight is 354 g/mol. The first-order valence-electron chi connectivity index (χ1n) is 7.90. The molecule has 2 aromatic carbocycles. The molecule has 2 N–H and O–H groups in total. The zero-order valence-corrected chi connectivity index (χ0v) is 14.1. The van der Waals surface area contributed by atoms with Gasteiger partial charge in [-0.25, -0.2) is 0 Å². The Hall–Kier alpha value is -2.84. The second kappa shape index (κ2) is 7.37. The molecule has 1 aliphatic rings. The largest absolute Gasteiger partial charge is 0.342 e. The number of halogens is 1. The minimum absolute atomic E-state index is 0.221. The van der Waals surface area contributed by atoms with E-state index < -0.39 is 12.1 Å². The zero-order chi connectivity index (χ0) is 17.8. The van der Waals surface area contributed by atoms with Crippen LogP contribution in [0.3, 0.4) is 0 Å². The highest BCUT2D eigenvalue weighted by atomic mass is 35.5. The van der Waals surface area contributed by atoms with E-state index in [9.17, 15) is 9.59 Å². The molecule has 2 aromatic rings. The summed E-state index contributed by atoms with van der Waals surface area (Å²) < 4.78 is 0. The molecular weight excluding hydrogens is 338 g/mol. The van der Waals surface area contributed by atoms with Gasteiger partial charge in [-0.15, -0.1) is 0 Å². The Morgan fingerprint density at radius 2 is 1.52 bits per heavy atom. The van der Waals surface area contributed by atoms with Crippen LogP contribution in [-0.4, -0.2) is 23.9 Å². The third-order valence-electron chi connectivity index (χ3n) is 4.17. The van der Waals surface area contributed by atoms with Crippen LogP contribution in [0.15, 0.2) is 48.5 Å². The van der Waals surface area contributed by atoms with Gasteiger partial charge >= 0.3 is 0 Å². The first-order chi connectivity index (χ1) is 12.1. The van der Waals surface area contributed by atoms with Crippen LogP contribution in [0.25, 0.3) is 0 Å². The summed E-state index contributed by atoms with van der Waals surface area (Å²) in [7, 11) is 0. The number of benzene rings is 2. The number of nitrogens with zero attached hydrogens (tertiary/aromatic N) is 1. The first-order valence-corrected chi connectivity index (χ1v) is 8.28. The third kappa shape index (κ3) is 3.98. The van der Waals surface area contributed by atoms with Crippen molar-refractivity contribution in [3.05, 3.63) is 70.2 Å². The maximum Gasteiger partial charge on any atom is 0.243 e. The van der Waals surface area contributed by atoms with Gasteiger partial charge in [-0.2, -0.15) is 5.26 Å². The number of nitrogens with one attached hydrogen (secondary N) is 2. The van der Waals surface area contributed by atoms with E-state index >= 15 is 0 Å². The highest BCUT2D eigenvalue weighted by Crippen LogP contribution is 2.18. The molecular formula is C19H16ClN3O2. The Bertz CT molecular complexity index is 842. The van der Waals surface area contributed by atoms with E-state index in [1.807, 2.05) is 24.3 Å². The fourth-order valence-electron chi connectivity index (χ4n) is 2.80. The minimum Gasteiger partial charge on any atom is -0.342 e.